The van der Waals surface area contributed by atoms with Crippen LogP contribution in [0.1, 0.15) is 42.1 Å². The van der Waals surface area contributed by atoms with Crippen LogP contribution in [0.4, 0.5) is 5.69 Å². The summed E-state index contributed by atoms with van der Waals surface area (Å²) in [5, 5.41) is 2.96. The maximum atomic E-state index is 13.6. The molecule has 3 aromatic rings. The third-order valence-electron chi connectivity index (χ3n) is 5.61. The minimum atomic E-state index is -3.97. The van der Waals surface area contributed by atoms with Gasteiger partial charge in [0.2, 0.25) is 5.91 Å². The first kappa shape index (κ1) is 25.3. The van der Waals surface area contributed by atoms with Gasteiger partial charge in [-0.25, -0.2) is 8.42 Å². The van der Waals surface area contributed by atoms with Gasteiger partial charge < -0.3 is 10.1 Å². The summed E-state index contributed by atoms with van der Waals surface area (Å²) in [4.78, 5) is 13.2. The lowest BCUT2D eigenvalue weighted by Gasteiger charge is -2.25. The van der Waals surface area contributed by atoms with Gasteiger partial charge in [0.15, 0.2) is 0 Å². The number of carbonyl (C=O) groups is 1. The minimum Gasteiger partial charge on any atom is -0.494 e. The Bertz CT molecular complexity index is 1240. The lowest BCUT2D eigenvalue weighted by molar-refractivity contribution is -0.120. The summed E-state index contributed by atoms with van der Waals surface area (Å²) in [5.74, 6) is 0.241. The van der Waals surface area contributed by atoms with Gasteiger partial charge >= 0.3 is 0 Å². The highest BCUT2D eigenvalue weighted by Gasteiger charge is 2.28. The van der Waals surface area contributed by atoms with E-state index in [1.54, 1.807) is 48.5 Å². The Morgan fingerprint density at radius 3 is 2.18 bits per heavy atom. The lowest BCUT2D eigenvalue weighted by atomic mass is 10.00. The minimum absolute atomic E-state index is 0.127. The first-order valence-electron chi connectivity index (χ1n) is 11.3. The molecule has 0 heterocycles. The number of ether oxygens (including phenoxy) is 1. The van der Waals surface area contributed by atoms with E-state index >= 15 is 0 Å². The van der Waals surface area contributed by atoms with Crippen LogP contribution in [0.2, 0.25) is 0 Å². The molecule has 3 rings (SSSR count). The Hall–Kier alpha value is -3.32. The van der Waals surface area contributed by atoms with Crippen molar-refractivity contribution in [2.45, 2.75) is 45.6 Å². The van der Waals surface area contributed by atoms with Gasteiger partial charge in [0.25, 0.3) is 10.0 Å². The van der Waals surface area contributed by atoms with Crippen molar-refractivity contribution in [1.82, 2.24) is 5.32 Å². The quantitative estimate of drug-likeness (QED) is 0.463. The SMILES string of the molecule is CCOc1ccc(N(CC(=O)NC(C)c2cc(C)ccc2C)S(=O)(=O)c2ccc(C)cc2)cc1. The van der Waals surface area contributed by atoms with E-state index in [1.165, 1.54) is 0 Å². The predicted octanol–water partition coefficient (Wildman–Crippen LogP) is 5.08. The molecular weight excluding hydrogens is 448 g/mol. The molecule has 0 aliphatic carbocycles. The molecule has 0 spiro atoms. The third kappa shape index (κ3) is 5.97. The molecule has 0 bridgehead atoms. The first-order valence-corrected chi connectivity index (χ1v) is 12.7. The van der Waals surface area contributed by atoms with Crippen molar-refractivity contribution in [2.24, 2.45) is 0 Å². The van der Waals surface area contributed by atoms with Crippen LogP contribution < -0.4 is 14.4 Å². The van der Waals surface area contributed by atoms with E-state index in [1.807, 2.05) is 52.8 Å². The first-order chi connectivity index (χ1) is 16.1. The summed E-state index contributed by atoms with van der Waals surface area (Å²) < 4.78 is 33.7. The number of nitrogens with zero attached hydrogens (tertiary/aromatic N) is 1. The van der Waals surface area contributed by atoms with Crippen molar-refractivity contribution in [3.05, 3.63) is 89.0 Å². The molecule has 1 unspecified atom stereocenters. The number of benzene rings is 3. The summed E-state index contributed by atoms with van der Waals surface area (Å²) in [6.07, 6.45) is 0. The van der Waals surface area contributed by atoms with Crippen molar-refractivity contribution >= 4 is 21.6 Å². The zero-order chi connectivity index (χ0) is 24.9. The highest BCUT2D eigenvalue weighted by atomic mass is 32.2. The molecule has 34 heavy (non-hydrogen) atoms. The summed E-state index contributed by atoms with van der Waals surface area (Å²) >= 11 is 0. The van der Waals surface area contributed by atoms with E-state index in [0.29, 0.717) is 18.0 Å². The van der Waals surface area contributed by atoms with E-state index in [9.17, 15) is 13.2 Å². The van der Waals surface area contributed by atoms with Crippen molar-refractivity contribution in [3.63, 3.8) is 0 Å². The average Bonchev–Trinajstić information content (AvgIpc) is 2.80. The zero-order valence-corrected chi connectivity index (χ0v) is 21.1. The standard InChI is InChI=1S/C27H32N2O4S/c1-6-33-24-13-11-23(12-14-24)29(34(31,32)25-15-8-19(2)9-16-25)18-27(30)28-22(5)26-17-20(3)7-10-21(26)4/h7-17,22H,6,18H2,1-5H3,(H,28,30). The fourth-order valence-electron chi connectivity index (χ4n) is 3.75. The molecule has 0 fully saturated rings. The molecule has 0 aromatic heterocycles. The van der Waals surface area contributed by atoms with Crippen LogP contribution in [0.25, 0.3) is 0 Å². The summed E-state index contributed by atoms with van der Waals surface area (Å²) in [7, 11) is -3.97. The third-order valence-corrected chi connectivity index (χ3v) is 7.40. The Morgan fingerprint density at radius 1 is 0.941 bits per heavy atom. The maximum Gasteiger partial charge on any atom is 0.264 e. The van der Waals surface area contributed by atoms with Crippen molar-refractivity contribution in [1.29, 1.82) is 0 Å². The van der Waals surface area contributed by atoms with Crippen molar-refractivity contribution in [2.75, 3.05) is 17.5 Å². The Kier molecular flexibility index (Phi) is 7.99. The topological polar surface area (TPSA) is 75.7 Å². The van der Waals surface area contributed by atoms with Gasteiger partial charge in [-0.15, -0.1) is 0 Å². The molecule has 3 aromatic carbocycles. The van der Waals surface area contributed by atoms with E-state index < -0.39 is 15.9 Å². The van der Waals surface area contributed by atoms with Gasteiger partial charge in [0.1, 0.15) is 12.3 Å². The molecule has 1 atom stereocenters. The second-order valence-corrected chi connectivity index (χ2v) is 10.3. The molecule has 1 N–H and O–H groups in total. The number of rotatable bonds is 9. The van der Waals surface area contributed by atoms with E-state index in [4.69, 9.17) is 4.74 Å². The van der Waals surface area contributed by atoms with Gasteiger partial charge in [-0.1, -0.05) is 41.5 Å². The molecule has 180 valence electrons. The smallest absolute Gasteiger partial charge is 0.264 e. The van der Waals surface area contributed by atoms with Gasteiger partial charge in [-0.2, -0.15) is 0 Å². The summed E-state index contributed by atoms with van der Waals surface area (Å²) in [5.41, 5.74) is 4.50. The number of nitrogens with one attached hydrogen (secondary N) is 1. The van der Waals surface area contributed by atoms with Crippen molar-refractivity contribution < 1.29 is 17.9 Å². The van der Waals surface area contributed by atoms with Gasteiger partial charge in [0.05, 0.1) is 23.2 Å². The van der Waals surface area contributed by atoms with Crippen molar-refractivity contribution in [3.8, 4) is 5.75 Å². The van der Waals surface area contributed by atoms with Gasteiger partial charge in [-0.3, -0.25) is 9.10 Å². The van der Waals surface area contributed by atoms with E-state index in [2.05, 4.69) is 5.32 Å². The highest BCUT2D eigenvalue weighted by Crippen LogP contribution is 2.26. The molecule has 1 amide bonds. The second-order valence-electron chi connectivity index (χ2n) is 8.40. The second kappa shape index (κ2) is 10.7. The fraction of sp³-hybridized carbons (Fsp3) is 0.296. The van der Waals surface area contributed by atoms with E-state index in [-0.39, 0.29) is 17.5 Å². The predicted molar refractivity (Wildman–Crippen MR) is 136 cm³/mol. The molecular formula is C27H32N2O4S. The molecule has 0 radical (unpaired) electrons. The summed E-state index contributed by atoms with van der Waals surface area (Å²) in [6.45, 7) is 9.81. The fourth-order valence-corrected chi connectivity index (χ4v) is 5.17. The number of sulfonamides is 1. The van der Waals surface area contributed by atoms with Crippen LogP contribution >= 0.6 is 0 Å². The van der Waals surface area contributed by atoms with Crippen LogP contribution in [0, 0.1) is 20.8 Å². The number of hydrogen-bond donors (Lipinski definition) is 1. The molecule has 0 aliphatic heterocycles. The number of hydrogen-bond acceptors (Lipinski definition) is 4. The molecule has 0 saturated heterocycles. The number of amides is 1. The van der Waals surface area contributed by atoms with Crippen LogP contribution in [-0.2, 0) is 14.8 Å². The number of carbonyl (C=O) groups excluding carboxylic acids is 1. The zero-order valence-electron chi connectivity index (χ0n) is 20.3. The monoisotopic (exact) mass is 480 g/mol. The Morgan fingerprint density at radius 2 is 1.56 bits per heavy atom. The number of aryl methyl sites for hydroxylation is 3. The maximum absolute atomic E-state index is 13.6. The van der Waals surface area contributed by atoms with Gasteiger partial charge in [0, 0.05) is 0 Å². The van der Waals surface area contributed by atoms with Crippen LogP contribution in [0.15, 0.2) is 71.6 Å². The Labute approximate surface area is 202 Å². The molecule has 7 heteroatoms. The van der Waals surface area contributed by atoms with Gasteiger partial charge in [-0.05, 0) is 82.1 Å². The average molecular weight is 481 g/mol. The van der Waals surface area contributed by atoms with Crippen LogP contribution in [-0.4, -0.2) is 27.5 Å². The normalized spacial score (nSPS) is 12.1. The Balaban J connectivity index is 1.91. The summed E-state index contributed by atoms with van der Waals surface area (Å²) in [6, 6.07) is 19.1. The number of anilines is 1. The largest absolute Gasteiger partial charge is 0.494 e. The van der Waals surface area contributed by atoms with Crippen LogP contribution in [0.3, 0.4) is 0 Å². The van der Waals surface area contributed by atoms with E-state index in [0.717, 1.165) is 26.6 Å². The molecule has 0 aliphatic rings. The van der Waals surface area contributed by atoms with Crippen LogP contribution in [0.5, 0.6) is 5.75 Å². The molecule has 6 nitrogen and oxygen atoms in total. The molecule has 0 saturated carbocycles. The lowest BCUT2D eigenvalue weighted by Crippen LogP contribution is -2.41. The highest BCUT2D eigenvalue weighted by molar-refractivity contribution is 7.92.